The molecule has 0 aromatic heterocycles. The molecule has 0 aliphatic carbocycles. The third kappa shape index (κ3) is 32.0. The number of methoxy groups -OCH3 is 1. The Labute approximate surface area is 123 Å². The Morgan fingerprint density at radius 2 is 1.47 bits per heavy atom. The highest BCUT2D eigenvalue weighted by Gasteiger charge is 1.93. The fourth-order valence-electron chi connectivity index (χ4n) is 1.38. The van der Waals surface area contributed by atoms with E-state index >= 15 is 0 Å². The lowest BCUT2D eigenvalue weighted by atomic mass is 10.1. The summed E-state index contributed by atoms with van der Waals surface area (Å²) in [6.45, 7) is 16.2. The standard InChI is InChI=1S/C6H14O.C5H12.C4H9N.C2H6/c1-4-6(2)5-7-3;1-3-5-4-2;1-2-4-5-3-1;1-2/h6H,4-5H2,1-3H3;3-5H2,1-2H3;5H,1-4H2;1-2H3. The lowest BCUT2D eigenvalue weighted by Crippen LogP contribution is -2.03. The number of nitrogens with one attached hydrogen (secondary N) is 1. The van der Waals surface area contributed by atoms with Crippen LogP contribution in [-0.4, -0.2) is 26.8 Å². The van der Waals surface area contributed by atoms with Gasteiger partial charge < -0.3 is 10.1 Å². The van der Waals surface area contributed by atoms with E-state index in [1.54, 1.807) is 7.11 Å². The van der Waals surface area contributed by atoms with E-state index in [4.69, 9.17) is 4.74 Å². The van der Waals surface area contributed by atoms with Crippen molar-refractivity contribution in [2.45, 2.75) is 80.1 Å². The molecule has 1 aliphatic heterocycles. The maximum Gasteiger partial charge on any atom is 0.0487 e. The van der Waals surface area contributed by atoms with Gasteiger partial charge in [0.2, 0.25) is 0 Å². The first kappa shape index (κ1) is 24.0. The molecule has 1 N–H and O–H groups in total. The van der Waals surface area contributed by atoms with Crippen molar-refractivity contribution in [3.8, 4) is 0 Å². The maximum absolute atomic E-state index is 4.89. The van der Waals surface area contributed by atoms with Crippen LogP contribution in [0.15, 0.2) is 0 Å². The highest BCUT2D eigenvalue weighted by molar-refractivity contribution is 4.55. The second-order valence-electron chi connectivity index (χ2n) is 4.78. The van der Waals surface area contributed by atoms with Gasteiger partial charge in [0.1, 0.15) is 0 Å². The van der Waals surface area contributed by atoms with Gasteiger partial charge in [0.25, 0.3) is 0 Å². The Balaban J connectivity index is -0.000000192. The second-order valence-corrected chi connectivity index (χ2v) is 4.78. The van der Waals surface area contributed by atoms with Crippen molar-refractivity contribution >= 4 is 0 Å². The van der Waals surface area contributed by atoms with Gasteiger partial charge in [0.15, 0.2) is 0 Å². The van der Waals surface area contributed by atoms with Crippen molar-refractivity contribution in [2.75, 3.05) is 26.8 Å². The summed E-state index contributed by atoms with van der Waals surface area (Å²) in [5.41, 5.74) is 0. The van der Waals surface area contributed by atoms with E-state index in [1.807, 2.05) is 13.8 Å². The van der Waals surface area contributed by atoms with Crippen LogP contribution in [0.25, 0.3) is 0 Å². The molecule has 1 heterocycles. The van der Waals surface area contributed by atoms with Gasteiger partial charge in [0, 0.05) is 13.7 Å². The van der Waals surface area contributed by atoms with Crippen molar-refractivity contribution in [1.82, 2.24) is 5.32 Å². The van der Waals surface area contributed by atoms with Crippen LogP contribution < -0.4 is 5.32 Å². The predicted molar refractivity (Wildman–Crippen MR) is 90.0 cm³/mol. The Hall–Kier alpha value is -0.0800. The van der Waals surface area contributed by atoms with Crippen LogP contribution in [0.5, 0.6) is 0 Å². The summed E-state index contributed by atoms with van der Waals surface area (Å²) in [4.78, 5) is 0. The Morgan fingerprint density at radius 1 is 1.00 bits per heavy atom. The molecule has 2 nitrogen and oxygen atoms in total. The van der Waals surface area contributed by atoms with Crippen LogP contribution in [0.1, 0.15) is 80.1 Å². The SMILES string of the molecule is C1CCNC1.CC.CCC(C)COC.CCCCC. The van der Waals surface area contributed by atoms with Crippen LogP contribution in [-0.2, 0) is 4.74 Å². The lowest BCUT2D eigenvalue weighted by Gasteiger charge is -2.03. The number of hydrogen-bond donors (Lipinski definition) is 1. The van der Waals surface area contributed by atoms with E-state index < -0.39 is 0 Å². The third-order valence-electron chi connectivity index (χ3n) is 2.81. The third-order valence-corrected chi connectivity index (χ3v) is 2.81. The van der Waals surface area contributed by atoms with Gasteiger partial charge in [0.05, 0.1) is 0 Å². The summed E-state index contributed by atoms with van der Waals surface area (Å²) in [6, 6.07) is 0. The topological polar surface area (TPSA) is 21.3 Å². The van der Waals surface area contributed by atoms with Gasteiger partial charge in [-0.05, 0) is 31.8 Å². The summed E-state index contributed by atoms with van der Waals surface area (Å²) in [5.74, 6) is 0.727. The number of hydrogen-bond acceptors (Lipinski definition) is 2. The van der Waals surface area contributed by atoms with Crippen molar-refractivity contribution < 1.29 is 4.74 Å². The summed E-state index contributed by atoms with van der Waals surface area (Å²) in [6.07, 6.45) is 8.07. The molecule has 1 fully saturated rings. The van der Waals surface area contributed by atoms with Crippen molar-refractivity contribution in [3.05, 3.63) is 0 Å². The molecule has 0 radical (unpaired) electrons. The minimum Gasteiger partial charge on any atom is -0.384 e. The number of rotatable bonds is 5. The highest BCUT2D eigenvalue weighted by Crippen LogP contribution is 1.98. The van der Waals surface area contributed by atoms with Gasteiger partial charge in [-0.1, -0.05) is 67.2 Å². The fraction of sp³-hybridized carbons (Fsp3) is 1.00. The van der Waals surface area contributed by atoms with E-state index in [0.717, 1.165) is 12.5 Å². The smallest absolute Gasteiger partial charge is 0.0487 e. The fourth-order valence-corrected chi connectivity index (χ4v) is 1.38. The van der Waals surface area contributed by atoms with E-state index in [1.165, 1.54) is 51.6 Å². The first-order chi connectivity index (χ1) is 9.22. The van der Waals surface area contributed by atoms with Gasteiger partial charge in [-0.25, -0.2) is 0 Å². The van der Waals surface area contributed by atoms with Crippen LogP contribution in [0, 0.1) is 5.92 Å². The van der Waals surface area contributed by atoms with Crippen molar-refractivity contribution in [3.63, 3.8) is 0 Å². The first-order valence-electron chi connectivity index (χ1n) is 8.42. The molecule has 1 rings (SSSR count). The highest BCUT2D eigenvalue weighted by atomic mass is 16.5. The second kappa shape index (κ2) is 26.5. The molecule has 0 saturated carbocycles. The normalized spacial score (nSPS) is 14.1. The van der Waals surface area contributed by atoms with E-state index in [0.29, 0.717) is 0 Å². The average Bonchev–Trinajstić information content (AvgIpc) is 3.02. The lowest BCUT2D eigenvalue weighted by molar-refractivity contribution is 0.158. The Morgan fingerprint density at radius 3 is 1.58 bits per heavy atom. The molecular weight excluding hydrogens is 234 g/mol. The van der Waals surface area contributed by atoms with E-state index in [2.05, 4.69) is 33.0 Å². The van der Waals surface area contributed by atoms with Gasteiger partial charge in [-0.15, -0.1) is 0 Å². The molecule has 1 atom stereocenters. The molecular formula is C17H41NO. The van der Waals surface area contributed by atoms with Crippen molar-refractivity contribution in [2.24, 2.45) is 5.92 Å². The first-order valence-corrected chi connectivity index (χ1v) is 8.42. The molecule has 0 aromatic rings. The monoisotopic (exact) mass is 275 g/mol. The quantitative estimate of drug-likeness (QED) is 0.738. The molecule has 0 bridgehead atoms. The van der Waals surface area contributed by atoms with Crippen LogP contribution >= 0.6 is 0 Å². The molecule has 1 unspecified atom stereocenters. The minimum absolute atomic E-state index is 0.727. The number of ether oxygens (including phenoxy) is 1. The minimum atomic E-state index is 0.727. The predicted octanol–water partition coefficient (Wildman–Crippen LogP) is 5.27. The molecule has 19 heavy (non-hydrogen) atoms. The molecule has 0 aromatic carbocycles. The zero-order chi connectivity index (χ0) is 15.4. The summed E-state index contributed by atoms with van der Waals surface area (Å²) < 4.78 is 4.89. The number of unbranched alkanes of at least 4 members (excludes halogenated alkanes) is 2. The molecule has 120 valence electrons. The molecule has 1 aliphatic rings. The molecule has 0 amide bonds. The van der Waals surface area contributed by atoms with E-state index in [9.17, 15) is 0 Å². The summed E-state index contributed by atoms with van der Waals surface area (Å²) in [7, 11) is 1.74. The largest absolute Gasteiger partial charge is 0.384 e. The Kier molecular flexibility index (Phi) is 33.4. The van der Waals surface area contributed by atoms with Crippen LogP contribution in [0.3, 0.4) is 0 Å². The molecule has 0 spiro atoms. The average molecular weight is 276 g/mol. The van der Waals surface area contributed by atoms with Gasteiger partial charge >= 0.3 is 0 Å². The summed E-state index contributed by atoms with van der Waals surface area (Å²) in [5, 5.41) is 3.22. The van der Waals surface area contributed by atoms with Gasteiger partial charge in [-0.2, -0.15) is 0 Å². The zero-order valence-electron chi connectivity index (χ0n) is 14.8. The van der Waals surface area contributed by atoms with Gasteiger partial charge in [-0.3, -0.25) is 0 Å². The summed E-state index contributed by atoms with van der Waals surface area (Å²) >= 11 is 0. The molecule has 2 heteroatoms. The van der Waals surface area contributed by atoms with Crippen molar-refractivity contribution in [1.29, 1.82) is 0 Å². The molecule has 1 saturated heterocycles. The van der Waals surface area contributed by atoms with Crippen LogP contribution in [0.2, 0.25) is 0 Å². The zero-order valence-corrected chi connectivity index (χ0v) is 14.8. The van der Waals surface area contributed by atoms with Crippen LogP contribution in [0.4, 0.5) is 0 Å². The van der Waals surface area contributed by atoms with E-state index in [-0.39, 0.29) is 0 Å². The Bertz CT molecular complexity index is 104. The maximum atomic E-state index is 4.89.